The van der Waals surface area contributed by atoms with Crippen molar-refractivity contribution in [3.8, 4) is 0 Å². The average Bonchev–Trinajstić information content (AvgIpc) is 2.84. The van der Waals surface area contributed by atoms with Crippen LogP contribution in [0.15, 0.2) is 17.4 Å². The molecule has 7 heteroatoms. The number of rotatable bonds is 1. The first-order valence-corrected chi connectivity index (χ1v) is 4.99. The molecule has 1 aliphatic heterocycles. The second kappa shape index (κ2) is 3.39. The lowest BCUT2D eigenvalue weighted by Crippen LogP contribution is -2.12. The molecular formula is C9H10N4O3. The molecule has 0 saturated carbocycles. The molecule has 0 spiro atoms. The molecule has 0 aliphatic carbocycles. The van der Waals surface area contributed by atoms with E-state index >= 15 is 0 Å². The molecule has 2 aromatic heterocycles. The van der Waals surface area contributed by atoms with E-state index in [1.165, 1.54) is 12.7 Å². The molecule has 84 valence electrons. The molecule has 2 aromatic rings. The summed E-state index contributed by atoms with van der Waals surface area (Å²) in [5, 5.41) is 9.28. The second-order valence-electron chi connectivity index (χ2n) is 3.68. The van der Waals surface area contributed by atoms with Crippen LogP contribution in [0.25, 0.3) is 11.2 Å². The minimum atomic E-state index is -0.746. The molecule has 3 rings (SSSR count). The summed E-state index contributed by atoms with van der Waals surface area (Å²) in [7, 11) is 0. The van der Waals surface area contributed by atoms with Gasteiger partial charge in [0.05, 0.1) is 12.7 Å². The number of aromatic nitrogens is 4. The molecule has 0 amide bonds. The van der Waals surface area contributed by atoms with E-state index in [0.717, 1.165) is 0 Å². The highest BCUT2D eigenvalue weighted by Crippen LogP contribution is 2.28. The molecular weight excluding hydrogens is 212 g/mol. The average molecular weight is 222 g/mol. The molecule has 1 aliphatic rings. The third-order valence-electron chi connectivity index (χ3n) is 2.65. The van der Waals surface area contributed by atoms with E-state index in [1.807, 2.05) is 0 Å². The van der Waals surface area contributed by atoms with Crippen molar-refractivity contribution >= 4 is 11.2 Å². The standard InChI is InChI=1S/C9H10N4O3/c14-6-2-1-5(16-6)13-4-12-7-8(13)10-3-11-9(7)15/h3-6,14H,1-2H2,(H,10,11,15). The fourth-order valence-corrected chi connectivity index (χ4v) is 1.88. The van der Waals surface area contributed by atoms with Crippen molar-refractivity contribution in [2.45, 2.75) is 25.4 Å². The molecule has 16 heavy (non-hydrogen) atoms. The highest BCUT2D eigenvalue weighted by Gasteiger charge is 2.26. The van der Waals surface area contributed by atoms with Gasteiger partial charge in [-0.25, -0.2) is 9.97 Å². The summed E-state index contributed by atoms with van der Waals surface area (Å²) in [6, 6.07) is 0. The van der Waals surface area contributed by atoms with Crippen LogP contribution in [0.5, 0.6) is 0 Å². The summed E-state index contributed by atoms with van der Waals surface area (Å²) in [4.78, 5) is 21.9. The van der Waals surface area contributed by atoms with Gasteiger partial charge in [-0.15, -0.1) is 0 Å². The number of nitrogens with one attached hydrogen (secondary N) is 1. The van der Waals surface area contributed by atoms with E-state index in [2.05, 4.69) is 15.0 Å². The highest BCUT2D eigenvalue weighted by molar-refractivity contribution is 5.68. The summed E-state index contributed by atoms with van der Waals surface area (Å²) in [5.41, 5.74) is 0.484. The zero-order chi connectivity index (χ0) is 11.1. The number of fused-ring (bicyclic) bond motifs is 1. The lowest BCUT2D eigenvalue weighted by molar-refractivity contribution is -0.111. The number of imidazole rings is 1. The first kappa shape index (κ1) is 9.49. The van der Waals surface area contributed by atoms with Gasteiger partial charge in [0.1, 0.15) is 6.23 Å². The summed E-state index contributed by atoms with van der Waals surface area (Å²) in [5.74, 6) is 0. The van der Waals surface area contributed by atoms with Crippen LogP contribution >= 0.6 is 0 Å². The number of H-pyrrole nitrogens is 1. The van der Waals surface area contributed by atoms with Gasteiger partial charge in [0.25, 0.3) is 5.56 Å². The predicted octanol–water partition coefficient (Wildman–Crippen LogP) is -0.253. The predicted molar refractivity (Wildman–Crippen MR) is 53.5 cm³/mol. The van der Waals surface area contributed by atoms with Gasteiger partial charge in [0.2, 0.25) is 0 Å². The SMILES string of the molecule is O=c1[nH]cnc2c1ncn2C1CCC(O)O1. The number of aromatic amines is 1. The van der Waals surface area contributed by atoms with Crippen LogP contribution in [0.1, 0.15) is 19.1 Å². The van der Waals surface area contributed by atoms with E-state index in [9.17, 15) is 9.90 Å². The smallest absolute Gasteiger partial charge is 0.278 e. The normalized spacial score (nSPS) is 25.3. The molecule has 3 heterocycles. The van der Waals surface area contributed by atoms with Crippen LogP contribution in [0.2, 0.25) is 0 Å². The zero-order valence-corrected chi connectivity index (χ0v) is 8.33. The maximum atomic E-state index is 11.4. The minimum absolute atomic E-state index is 0.276. The summed E-state index contributed by atoms with van der Waals surface area (Å²) in [6.45, 7) is 0. The lowest BCUT2D eigenvalue weighted by Gasteiger charge is -2.11. The fourth-order valence-electron chi connectivity index (χ4n) is 1.88. The fraction of sp³-hybridized carbons (Fsp3) is 0.444. The van der Waals surface area contributed by atoms with Crippen molar-refractivity contribution < 1.29 is 9.84 Å². The summed E-state index contributed by atoms with van der Waals surface area (Å²) >= 11 is 0. The Bertz CT molecular complexity index is 575. The van der Waals surface area contributed by atoms with Gasteiger partial charge >= 0.3 is 0 Å². The van der Waals surface area contributed by atoms with Gasteiger partial charge in [-0.1, -0.05) is 0 Å². The van der Waals surface area contributed by atoms with Crippen LogP contribution in [-0.4, -0.2) is 30.9 Å². The molecule has 2 N–H and O–H groups in total. The van der Waals surface area contributed by atoms with Crippen LogP contribution in [0.4, 0.5) is 0 Å². The number of nitrogens with zero attached hydrogens (tertiary/aromatic N) is 3. The lowest BCUT2D eigenvalue weighted by atomic mass is 10.3. The quantitative estimate of drug-likeness (QED) is 0.693. The second-order valence-corrected chi connectivity index (χ2v) is 3.68. The van der Waals surface area contributed by atoms with Crippen molar-refractivity contribution in [1.82, 2.24) is 19.5 Å². The molecule has 1 fully saturated rings. The molecule has 0 radical (unpaired) electrons. The minimum Gasteiger partial charge on any atom is -0.368 e. The van der Waals surface area contributed by atoms with Crippen LogP contribution in [-0.2, 0) is 4.74 Å². The van der Waals surface area contributed by atoms with E-state index in [4.69, 9.17) is 4.74 Å². The zero-order valence-electron chi connectivity index (χ0n) is 8.33. The van der Waals surface area contributed by atoms with E-state index in [0.29, 0.717) is 18.5 Å². The number of aliphatic hydroxyl groups is 1. The van der Waals surface area contributed by atoms with Crippen LogP contribution < -0.4 is 5.56 Å². The maximum Gasteiger partial charge on any atom is 0.278 e. The Kier molecular flexibility index (Phi) is 2.01. The Morgan fingerprint density at radius 2 is 2.38 bits per heavy atom. The molecule has 2 unspecified atom stereocenters. The summed E-state index contributed by atoms with van der Waals surface area (Å²) in [6.07, 6.45) is 3.05. The van der Waals surface area contributed by atoms with Gasteiger partial charge in [-0.05, 0) is 6.42 Å². The molecule has 1 saturated heterocycles. The van der Waals surface area contributed by atoms with Crippen molar-refractivity contribution in [3.63, 3.8) is 0 Å². The third kappa shape index (κ3) is 1.33. The van der Waals surface area contributed by atoms with Gasteiger partial charge in [0.15, 0.2) is 17.5 Å². The largest absolute Gasteiger partial charge is 0.368 e. The highest BCUT2D eigenvalue weighted by atomic mass is 16.6. The topological polar surface area (TPSA) is 93.0 Å². The monoisotopic (exact) mass is 222 g/mol. The van der Waals surface area contributed by atoms with Gasteiger partial charge in [-0.3, -0.25) is 9.36 Å². The van der Waals surface area contributed by atoms with Crippen LogP contribution in [0.3, 0.4) is 0 Å². The van der Waals surface area contributed by atoms with Gasteiger partial charge in [-0.2, -0.15) is 0 Å². The Morgan fingerprint density at radius 3 is 3.12 bits per heavy atom. The van der Waals surface area contributed by atoms with E-state index < -0.39 is 6.29 Å². The Morgan fingerprint density at radius 1 is 1.50 bits per heavy atom. The number of hydrogen-bond donors (Lipinski definition) is 2. The van der Waals surface area contributed by atoms with Crippen molar-refractivity contribution in [1.29, 1.82) is 0 Å². The number of hydrogen-bond acceptors (Lipinski definition) is 5. The Balaban J connectivity index is 2.11. The molecule has 2 atom stereocenters. The Labute approximate surface area is 89.7 Å². The van der Waals surface area contributed by atoms with Gasteiger partial charge < -0.3 is 14.8 Å². The number of aliphatic hydroxyl groups excluding tert-OH is 1. The molecule has 0 bridgehead atoms. The number of ether oxygens (including phenoxy) is 1. The van der Waals surface area contributed by atoms with E-state index in [1.54, 1.807) is 4.57 Å². The van der Waals surface area contributed by atoms with Crippen molar-refractivity contribution in [2.24, 2.45) is 0 Å². The third-order valence-corrected chi connectivity index (χ3v) is 2.65. The Hall–Kier alpha value is -1.73. The maximum absolute atomic E-state index is 11.4. The van der Waals surface area contributed by atoms with Gasteiger partial charge in [0, 0.05) is 6.42 Å². The van der Waals surface area contributed by atoms with Crippen molar-refractivity contribution in [2.75, 3.05) is 0 Å². The van der Waals surface area contributed by atoms with Crippen molar-refractivity contribution in [3.05, 3.63) is 23.0 Å². The first-order chi connectivity index (χ1) is 7.75. The first-order valence-electron chi connectivity index (χ1n) is 4.99. The molecule has 0 aromatic carbocycles. The van der Waals surface area contributed by atoms with Crippen LogP contribution in [0, 0.1) is 0 Å². The summed E-state index contributed by atoms with van der Waals surface area (Å²) < 4.78 is 6.95. The van der Waals surface area contributed by atoms with E-state index in [-0.39, 0.29) is 17.3 Å². The molecule has 7 nitrogen and oxygen atoms in total.